The molecule has 1 aromatic heterocycles. The number of aryl methyl sites for hydroxylation is 1. The van der Waals surface area contributed by atoms with Gasteiger partial charge in [0.15, 0.2) is 11.3 Å². The first kappa shape index (κ1) is 15.6. The summed E-state index contributed by atoms with van der Waals surface area (Å²) in [6.45, 7) is 3.53. The molecule has 0 spiro atoms. The highest BCUT2D eigenvalue weighted by Crippen LogP contribution is 2.23. The number of nitrogens with zero attached hydrogens (tertiary/aromatic N) is 1. The van der Waals surface area contributed by atoms with Gasteiger partial charge in [-0.2, -0.15) is 0 Å². The van der Waals surface area contributed by atoms with E-state index in [4.69, 9.17) is 27.9 Å². The predicted molar refractivity (Wildman–Crippen MR) is 84.2 cm³/mol. The molecule has 2 rings (SSSR count). The molecule has 0 saturated carbocycles. The van der Waals surface area contributed by atoms with E-state index in [0.29, 0.717) is 16.5 Å². The second kappa shape index (κ2) is 6.78. The van der Waals surface area contributed by atoms with Crippen molar-refractivity contribution in [1.29, 1.82) is 0 Å². The van der Waals surface area contributed by atoms with Gasteiger partial charge in [-0.05, 0) is 49.7 Å². The Morgan fingerprint density at radius 1 is 1.33 bits per heavy atom. The van der Waals surface area contributed by atoms with Crippen LogP contribution in [0.2, 0.25) is 10.2 Å². The van der Waals surface area contributed by atoms with Gasteiger partial charge in [0.1, 0.15) is 5.75 Å². The fraction of sp³-hybridized carbons (Fsp3) is 0.200. The minimum Gasteiger partial charge on any atom is -0.481 e. The summed E-state index contributed by atoms with van der Waals surface area (Å²) in [4.78, 5) is 16.0. The molecule has 110 valence electrons. The molecule has 1 amide bonds. The maximum Gasteiger partial charge on any atom is 0.265 e. The van der Waals surface area contributed by atoms with E-state index in [9.17, 15) is 4.79 Å². The lowest BCUT2D eigenvalue weighted by Gasteiger charge is -2.16. The predicted octanol–water partition coefficient (Wildman–Crippen LogP) is 4.10. The van der Waals surface area contributed by atoms with Crippen LogP contribution in [0.5, 0.6) is 5.75 Å². The maximum absolute atomic E-state index is 12.1. The number of nitrogens with one attached hydrogen (secondary N) is 1. The lowest BCUT2D eigenvalue weighted by atomic mass is 10.2. The minimum atomic E-state index is -0.679. The average molecular weight is 325 g/mol. The third-order valence-electron chi connectivity index (χ3n) is 2.83. The Morgan fingerprint density at radius 2 is 2.10 bits per heavy atom. The monoisotopic (exact) mass is 324 g/mol. The Bertz CT molecular complexity index is 662. The van der Waals surface area contributed by atoms with Crippen molar-refractivity contribution in [2.24, 2.45) is 0 Å². The first-order valence-corrected chi connectivity index (χ1v) is 7.07. The fourth-order valence-corrected chi connectivity index (χ4v) is 2.10. The van der Waals surface area contributed by atoms with Gasteiger partial charge in [0.05, 0.1) is 5.69 Å². The molecule has 1 atom stereocenters. The van der Waals surface area contributed by atoms with E-state index in [0.717, 1.165) is 5.56 Å². The van der Waals surface area contributed by atoms with Crippen molar-refractivity contribution in [3.63, 3.8) is 0 Å². The molecular weight excluding hydrogens is 311 g/mol. The van der Waals surface area contributed by atoms with Crippen LogP contribution in [-0.4, -0.2) is 17.0 Å². The summed E-state index contributed by atoms with van der Waals surface area (Å²) in [7, 11) is 0. The van der Waals surface area contributed by atoms with Crippen LogP contribution >= 0.6 is 23.2 Å². The SMILES string of the molecule is Cc1cc(Cl)ccc1OC(C)C(=O)Nc1cccnc1Cl. The van der Waals surface area contributed by atoms with Crippen molar-refractivity contribution in [3.05, 3.63) is 52.3 Å². The Kier molecular flexibility index (Phi) is 5.04. The van der Waals surface area contributed by atoms with Crippen molar-refractivity contribution in [3.8, 4) is 5.75 Å². The highest BCUT2D eigenvalue weighted by atomic mass is 35.5. The lowest BCUT2D eigenvalue weighted by molar-refractivity contribution is -0.122. The zero-order chi connectivity index (χ0) is 15.4. The summed E-state index contributed by atoms with van der Waals surface area (Å²) in [5, 5.41) is 3.54. The summed E-state index contributed by atoms with van der Waals surface area (Å²) in [6.07, 6.45) is 0.871. The molecule has 4 nitrogen and oxygen atoms in total. The smallest absolute Gasteiger partial charge is 0.265 e. The molecule has 1 N–H and O–H groups in total. The number of pyridine rings is 1. The first-order chi connectivity index (χ1) is 9.97. The molecular formula is C15H14Cl2N2O2. The van der Waals surface area contributed by atoms with E-state index in [2.05, 4.69) is 10.3 Å². The number of hydrogen-bond acceptors (Lipinski definition) is 3. The summed E-state index contributed by atoms with van der Waals surface area (Å²) < 4.78 is 5.64. The quantitative estimate of drug-likeness (QED) is 0.861. The largest absolute Gasteiger partial charge is 0.481 e. The highest BCUT2D eigenvalue weighted by molar-refractivity contribution is 6.32. The molecule has 21 heavy (non-hydrogen) atoms. The molecule has 1 unspecified atom stereocenters. The van der Waals surface area contributed by atoms with Crippen molar-refractivity contribution >= 4 is 34.8 Å². The number of anilines is 1. The minimum absolute atomic E-state index is 0.237. The van der Waals surface area contributed by atoms with Crippen LogP contribution < -0.4 is 10.1 Å². The molecule has 0 fully saturated rings. The van der Waals surface area contributed by atoms with Crippen molar-refractivity contribution in [2.75, 3.05) is 5.32 Å². The number of amides is 1. The van der Waals surface area contributed by atoms with Gasteiger partial charge in [-0.15, -0.1) is 0 Å². The van der Waals surface area contributed by atoms with Crippen molar-refractivity contribution < 1.29 is 9.53 Å². The molecule has 2 aromatic rings. The van der Waals surface area contributed by atoms with E-state index >= 15 is 0 Å². The summed E-state index contributed by atoms with van der Waals surface area (Å²) >= 11 is 11.8. The number of ether oxygens (including phenoxy) is 1. The third kappa shape index (κ3) is 4.09. The Labute approximate surface area is 133 Å². The number of carbonyl (C=O) groups excluding carboxylic acids is 1. The lowest BCUT2D eigenvalue weighted by Crippen LogP contribution is -2.30. The number of hydrogen-bond donors (Lipinski definition) is 1. The molecule has 6 heteroatoms. The highest BCUT2D eigenvalue weighted by Gasteiger charge is 2.17. The number of benzene rings is 1. The van der Waals surface area contributed by atoms with Gasteiger partial charge in [-0.3, -0.25) is 4.79 Å². The van der Waals surface area contributed by atoms with Crippen molar-refractivity contribution in [1.82, 2.24) is 4.98 Å². The standard InChI is InChI=1S/C15H14Cl2N2O2/c1-9-8-11(16)5-6-13(9)21-10(2)15(20)19-12-4-3-7-18-14(12)17/h3-8,10H,1-2H3,(H,19,20). The number of aromatic nitrogens is 1. The van der Waals surface area contributed by atoms with Crippen LogP contribution in [0, 0.1) is 6.92 Å². The molecule has 0 bridgehead atoms. The molecule has 0 aliphatic carbocycles. The number of carbonyl (C=O) groups is 1. The van der Waals surface area contributed by atoms with Gasteiger partial charge < -0.3 is 10.1 Å². The zero-order valence-electron chi connectivity index (χ0n) is 11.6. The molecule has 0 aliphatic heterocycles. The summed E-state index contributed by atoms with van der Waals surface area (Å²) in [5.74, 6) is 0.304. The second-order valence-corrected chi connectivity index (χ2v) is 5.30. The topological polar surface area (TPSA) is 51.2 Å². The van der Waals surface area contributed by atoms with E-state index in [1.165, 1.54) is 0 Å². The zero-order valence-corrected chi connectivity index (χ0v) is 13.1. The first-order valence-electron chi connectivity index (χ1n) is 6.31. The van der Waals surface area contributed by atoms with E-state index < -0.39 is 6.10 Å². The van der Waals surface area contributed by atoms with Crippen LogP contribution in [0.15, 0.2) is 36.5 Å². The normalized spacial score (nSPS) is 11.8. The summed E-state index contributed by atoms with van der Waals surface area (Å²) in [6, 6.07) is 8.59. The van der Waals surface area contributed by atoms with Gasteiger partial charge >= 0.3 is 0 Å². The molecule has 0 aliphatic rings. The van der Waals surface area contributed by atoms with Gasteiger partial charge in [0, 0.05) is 11.2 Å². The van der Waals surface area contributed by atoms with E-state index in [1.807, 2.05) is 6.92 Å². The van der Waals surface area contributed by atoms with Gasteiger partial charge in [0.2, 0.25) is 0 Å². The Hall–Kier alpha value is -1.78. The molecule has 1 aromatic carbocycles. The maximum atomic E-state index is 12.1. The average Bonchev–Trinajstić information content (AvgIpc) is 2.44. The van der Waals surface area contributed by atoms with Crippen molar-refractivity contribution in [2.45, 2.75) is 20.0 Å². The second-order valence-electron chi connectivity index (χ2n) is 4.50. The van der Waals surface area contributed by atoms with Crippen LogP contribution in [0.1, 0.15) is 12.5 Å². The Morgan fingerprint density at radius 3 is 2.76 bits per heavy atom. The van der Waals surface area contributed by atoms with Gasteiger partial charge in [-0.1, -0.05) is 23.2 Å². The van der Waals surface area contributed by atoms with Gasteiger partial charge in [-0.25, -0.2) is 4.98 Å². The van der Waals surface area contributed by atoms with Crippen LogP contribution in [0.25, 0.3) is 0 Å². The van der Waals surface area contributed by atoms with Crippen LogP contribution in [0.3, 0.4) is 0 Å². The van der Waals surface area contributed by atoms with E-state index in [-0.39, 0.29) is 11.1 Å². The fourth-order valence-electron chi connectivity index (χ4n) is 1.70. The van der Waals surface area contributed by atoms with E-state index in [1.54, 1.807) is 43.5 Å². The number of halogens is 2. The molecule has 0 radical (unpaired) electrons. The van der Waals surface area contributed by atoms with Gasteiger partial charge in [0.25, 0.3) is 5.91 Å². The molecule has 1 heterocycles. The number of rotatable bonds is 4. The Balaban J connectivity index is 2.04. The van der Waals surface area contributed by atoms with Crippen LogP contribution in [-0.2, 0) is 4.79 Å². The molecule has 0 saturated heterocycles. The third-order valence-corrected chi connectivity index (χ3v) is 3.36. The van der Waals surface area contributed by atoms with Crippen LogP contribution in [0.4, 0.5) is 5.69 Å². The summed E-state index contributed by atoms with van der Waals surface area (Å²) in [5.41, 5.74) is 1.31.